The van der Waals surface area contributed by atoms with Crippen molar-refractivity contribution >= 4 is 11.9 Å². The Morgan fingerprint density at radius 1 is 1.58 bits per heavy atom. The Labute approximate surface area is 113 Å². The van der Waals surface area contributed by atoms with Crippen LogP contribution in [0.4, 0.5) is 0 Å². The number of hydrogen-bond acceptors (Lipinski definition) is 4. The number of carboxylic acid groups (broad SMARTS) is 1. The van der Waals surface area contributed by atoms with Crippen LogP contribution >= 0.6 is 0 Å². The van der Waals surface area contributed by atoms with Crippen molar-refractivity contribution in [2.75, 3.05) is 26.2 Å². The van der Waals surface area contributed by atoms with Gasteiger partial charge in [-0.1, -0.05) is 6.92 Å². The first-order chi connectivity index (χ1) is 9.02. The number of nitrogens with zero attached hydrogens (tertiary/aromatic N) is 2. The molecule has 2 atom stereocenters. The van der Waals surface area contributed by atoms with Gasteiger partial charge in [0.05, 0.1) is 12.6 Å². The average molecular weight is 267 g/mol. The van der Waals surface area contributed by atoms with Crippen molar-refractivity contribution in [3.05, 3.63) is 0 Å². The molecule has 106 valence electrons. The molecule has 1 rings (SSSR count). The van der Waals surface area contributed by atoms with Crippen LogP contribution in [-0.2, 0) is 9.59 Å². The lowest BCUT2D eigenvalue weighted by Crippen LogP contribution is -2.44. The minimum Gasteiger partial charge on any atom is -0.481 e. The molecule has 19 heavy (non-hydrogen) atoms. The van der Waals surface area contributed by atoms with E-state index in [1.807, 2.05) is 17.9 Å². The van der Waals surface area contributed by atoms with E-state index in [-0.39, 0.29) is 31.3 Å². The summed E-state index contributed by atoms with van der Waals surface area (Å²) >= 11 is 0. The number of likely N-dealkylation sites (tertiary alicyclic amines) is 1. The third kappa shape index (κ3) is 5.71. The van der Waals surface area contributed by atoms with Gasteiger partial charge in [-0.2, -0.15) is 5.26 Å². The Kier molecular flexibility index (Phi) is 6.30. The first kappa shape index (κ1) is 15.4. The quantitative estimate of drug-likeness (QED) is 0.681. The van der Waals surface area contributed by atoms with Crippen LogP contribution in [0.15, 0.2) is 0 Å². The van der Waals surface area contributed by atoms with E-state index < -0.39 is 5.97 Å². The molecule has 0 aliphatic carbocycles. The topological polar surface area (TPSA) is 93.4 Å². The predicted molar refractivity (Wildman–Crippen MR) is 69.2 cm³/mol. The number of rotatable bonds is 6. The molecule has 6 heteroatoms. The van der Waals surface area contributed by atoms with Crippen LogP contribution in [0.3, 0.4) is 0 Å². The average Bonchev–Trinajstić information content (AvgIpc) is 2.36. The van der Waals surface area contributed by atoms with Gasteiger partial charge < -0.3 is 10.4 Å². The SMILES string of the molecule is CC(CC(=O)O)C1CCCN(CC(=O)NCC#N)C1. The number of nitriles is 1. The summed E-state index contributed by atoms with van der Waals surface area (Å²) in [4.78, 5) is 24.3. The molecule has 0 radical (unpaired) electrons. The van der Waals surface area contributed by atoms with Crippen LogP contribution < -0.4 is 5.32 Å². The zero-order valence-corrected chi connectivity index (χ0v) is 11.3. The van der Waals surface area contributed by atoms with Crippen LogP contribution in [0.1, 0.15) is 26.2 Å². The molecule has 0 aromatic rings. The minimum atomic E-state index is -0.767. The van der Waals surface area contributed by atoms with E-state index in [1.165, 1.54) is 0 Å². The molecule has 1 heterocycles. The number of carbonyl (C=O) groups excluding carboxylic acids is 1. The monoisotopic (exact) mass is 267 g/mol. The predicted octanol–water partition coefficient (Wildman–Crippen LogP) is 0.449. The molecule has 1 amide bonds. The van der Waals surface area contributed by atoms with E-state index in [1.54, 1.807) is 0 Å². The summed E-state index contributed by atoms with van der Waals surface area (Å²) in [5.41, 5.74) is 0. The summed E-state index contributed by atoms with van der Waals surface area (Å²) in [5, 5.41) is 19.7. The summed E-state index contributed by atoms with van der Waals surface area (Å²) in [7, 11) is 0. The number of piperidine rings is 1. The van der Waals surface area contributed by atoms with Crippen LogP contribution in [0.2, 0.25) is 0 Å². The molecular weight excluding hydrogens is 246 g/mol. The Morgan fingerprint density at radius 3 is 2.95 bits per heavy atom. The molecule has 1 fully saturated rings. The van der Waals surface area contributed by atoms with Gasteiger partial charge in [0, 0.05) is 13.0 Å². The van der Waals surface area contributed by atoms with Gasteiger partial charge in [-0.05, 0) is 31.2 Å². The molecule has 1 aliphatic rings. The fourth-order valence-corrected chi connectivity index (χ4v) is 2.54. The minimum absolute atomic E-state index is 0.0333. The van der Waals surface area contributed by atoms with Gasteiger partial charge in [0.15, 0.2) is 0 Å². The summed E-state index contributed by atoms with van der Waals surface area (Å²) in [6.07, 6.45) is 2.18. The van der Waals surface area contributed by atoms with Crippen molar-refractivity contribution < 1.29 is 14.7 Å². The number of carbonyl (C=O) groups is 2. The van der Waals surface area contributed by atoms with Gasteiger partial charge in [-0.25, -0.2) is 0 Å². The maximum Gasteiger partial charge on any atom is 0.303 e. The van der Waals surface area contributed by atoms with Crippen molar-refractivity contribution in [3.63, 3.8) is 0 Å². The van der Waals surface area contributed by atoms with E-state index in [2.05, 4.69) is 5.32 Å². The molecule has 2 unspecified atom stereocenters. The van der Waals surface area contributed by atoms with E-state index in [0.29, 0.717) is 5.92 Å². The highest BCUT2D eigenvalue weighted by atomic mass is 16.4. The molecule has 0 saturated carbocycles. The molecule has 6 nitrogen and oxygen atoms in total. The number of hydrogen-bond donors (Lipinski definition) is 2. The first-order valence-electron chi connectivity index (χ1n) is 6.60. The largest absolute Gasteiger partial charge is 0.481 e. The Balaban J connectivity index is 2.39. The fourth-order valence-electron chi connectivity index (χ4n) is 2.54. The van der Waals surface area contributed by atoms with Gasteiger partial charge in [-0.3, -0.25) is 14.5 Å². The molecule has 0 spiro atoms. The highest BCUT2D eigenvalue weighted by Crippen LogP contribution is 2.25. The number of amides is 1. The van der Waals surface area contributed by atoms with E-state index in [9.17, 15) is 9.59 Å². The summed E-state index contributed by atoms with van der Waals surface area (Å²) in [6, 6.07) is 1.87. The molecule has 0 aromatic carbocycles. The van der Waals surface area contributed by atoms with Crippen LogP contribution in [0, 0.1) is 23.2 Å². The normalized spacial score (nSPS) is 21.4. The van der Waals surface area contributed by atoms with Crippen LogP contribution in [0.25, 0.3) is 0 Å². The smallest absolute Gasteiger partial charge is 0.303 e. The molecule has 2 N–H and O–H groups in total. The van der Waals surface area contributed by atoms with E-state index in [0.717, 1.165) is 25.9 Å². The Bertz CT molecular complexity index is 365. The zero-order valence-electron chi connectivity index (χ0n) is 11.3. The fraction of sp³-hybridized carbons (Fsp3) is 0.769. The molecular formula is C13H21N3O3. The van der Waals surface area contributed by atoms with Crippen molar-refractivity contribution in [3.8, 4) is 6.07 Å². The van der Waals surface area contributed by atoms with Crippen LogP contribution in [0.5, 0.6) is 0 Å². The Hall–Kier alpha value is -1.61. The highest BCUT2D eigenvalue weighted by Gasteiger charge is 2.26. The lowest BCUT2D eigenvalue weighted by molar-refractivity contribution is -0.138. The maximum absolute atomic E-state index is 11.5. The summed E-state index contributed by atoms with van der Waals surface area (Å²) in [6.45, 7) is 3.90. The first-order valence-corrected chi connectivity index (χ1v) is 6.60. The highest BCUT2D eigenvalue weighted by molar-refractivity contribution is 5.78. The molecule has 1 aliphatic heterocycles. The van der Waals surface area contributed by atoms with Gasteiger partial charge in [0.1, 0.15) is 6.54 Å². The third-order valence-corrected chi connectivity index (χ3v) is 3.58. The molecule has 1 saturated heterocycles. The lowest BCUT2D eigenvalue weighted by atomic mass is 9.84. The van der Waals surface area contributed by atoms with Crippen LogP contribution in [-0.4, -0.2) is 48.1 Å². The maximum atomic E-state index is 11.5. The second-order valence-electron chi connectivity index (χ2n) is 5.15. The standard InChI is InChI=1S/C13H21N3O3/c1-10(7-13(18)19)11-3-2-6-16(8-11)9-12(17)15-5-4-14/h10-11H,2-3,5-9H2,1H3,(H,15,17)(H,18,19). The van der Waals surface area contributed by atoms with Gasteiger partial charge >= 0.3 is 5.97 Å². The van der Waals surface area contributed by atoms with E-state index in [4.69, 9.17) is 10.4 Å². The zero-order chi connectivity index (χ0) is 14.3. The number of nitrogens with one attached hydrogen (secondary N) is 1. The van der Waals surface area contributed by atoms with Crippen molar-refractivity contribution in [1.82, 2.24) is 10.2 Å². The third-order valence-electron chi connectivity index (χ3n) is 3.58. The molecule has 0 aromatic heterocycles. The van der Waals surface area contributed by atoms with Gasteiger partial charge in [-0.15, -0.1) is 0 Å². The summed E-state index contributed by atoms with van der Waals surface area (Å²) in [5.74, 6) is -0.458. The van der Waals surface area contributed by atoms with Crippen molar-refractivity contribution in [1.29, 1.82) is 5.26 Å². The van der Waals surface area contributed by atoms with Gasteiger partial charge in [0.25, 0.3) is 0 Å². The number of carboxylic acids is 1. The molecule has 0 bridgehead atoms. The van der Waals surface area contributed by atoms with Crippen molar-refractivity contribution in [2.45, 2.75) is 26.2 Å². The van der Waals surface area contributed by atoms with Gasteiger partial charge in [0.2, 0.25) is 5.91 Å². The Morgan fingerprint density at radius 2 is 2.32 bits per heavy atom. The second kappa shape index (κ2) is 7.74. The van der Waals surface area contributed by atoms with Crippen molar-refractivity contribution in [2.24, 2.45) is 11.8 Å². The summed E-state index contributed by atoms with van der Waals surface area (Å²) < 4.78 is 0. The lowest BCUT2D eigenvalue weighted by Gasteiger charge is -2.34. The number of aliphatic carboxylic acids is 1. The second-order valence-corrected chi connectivity index (χ2v) is 5.15. The van der Waals surface area contributed by atoms with E-state index >= 15 is 0 Å².